The number of carbonyl (C=O) groups excluding carboxylic acids is 1. The first kappa shape index (κ1) is 13.7. The molecule has 1 N–H and O–H groups in total. The zero-order valence-corrected chi connectivity index (χ0v) is 11.1. The van der Waals surface area contributed by atoms with Crippen LogP contribution in [0, 0.1) is 6.92 Å². The Morgan fingerprint density at radius 2 is 2.06 bits per heavy atom. The normalized spacial score (nSPS) is 11.6. The van der Waals surface area contributed by atoms with Gasteiger partial charge >= 0.3 is 5.97 Å². The van der Waals surface area contributed by atoms with Crippen molar-refractivity contribution in [3.63, 3.8) is 0 Å². The smallest absolute Gasteiger partial charge is 0.341 e. The number of hydrogen-bond donors (Lipinski definition) is 1. The molecule has 0 radical (unpaired) electrons. The first-order chi connectivity index (χ1) is 7.85. The van der Waals surface area contributed by atoms with Crippen LogP contribution >= 0.6 is 0 Å². The highest BCUT2D eigenvalue weighted by molar-refractivity contribution is 5.91. The van der Waals surface area contributed by atoms with Crippen molar-refractivity contribution < 1.29 is 14.3 Å². The molecule has 0 saturated heterocycles. The summed E-state index contributed by atoms with van der Waals surface area (Å²) >= 11 is 0. The predicted molar refractivity (Wildman–Crippen MR) is 63.8 cm³/mol. The lowest BCUT2D eigenvalue weighted by molar-refractivity contribution is -0.0170. The SMILES string of the molecule is CCOC(=O)c1c(COC(C)(C)C)n[nH]c1C. The highest BCUT2D eigenvalue weighted by atomic mass is 16.5. The molecule has 0 amide bonds. The van der Waals surface area contributed by atoms with Crippen LogP contribution in [-0.4, -0.2) is 28.4 Å². The van der Waals surface area contributed by atoms with Gasteiger partial charge in [-0.25, -0.2) is 4.79 Å². The van der Waals surface area contributed by atoms with Gasteiger partial charge in [0, 0.05) is 5.69 Å². The Morgan fingerprint density at radius 1 is 1.41 bits per heavy atom. The molecule has 0 spiro atoms. The minimum absolute atomic E-state index is 0.265. The monoisotopic (exact) mass is 240 g/mol. The number of esters is 1. The lowest BCUT2D eigenvalue weighted by Crippen LogP contribution is -2.20. The van der Waals surface area contributed by atoms with Crippen molar-refractivity contribution in [3.8, 4) is 0 Å². The Labute approximate surface area is 102 Å². The van der Waals surface area contributed by atoms with Crippen LogP contribution < -0.4 is 0 Å². The van der Waals surface area contributed by atoms with Crippen molar-refractivity contribution in [1.82, 2.24) is 10.2 Å². The molecule has 0 fully saturated rings. The average Bonchev–Trinajstić information content (AvgIpc) is 2.56. The maximum Gasteiger partial charge on any atom is 0.341 e. The molecule has 0 aliphatic heterocycles. The lowest BCUT2D eigenvalue weighted by Gasteiger charge is -2.18. The third kappa shape index (κ3) is 3.85. The van der Waals surface area contributed by atoms with Gasteiger partial charge in [0.2, 0.25) is 0 Å². The maximum atomic E-state index is 11.7. The highest BCUT2D eigenvalue weighted by Gasteiger charge is 2.21. The van der Waals surface area contributed by atoms with E-state index >= 15 is 0 Å². The summed E-state index contributed by atoms with van der Waals surface area (Å²) in [7, 11) is 0. The second kappa shape index (κ2) is 5.31. The molecule has 0 bridgehead atoms. The number of carbonyl (C=O) groups is 1. The summed E-state index contributed by atoms with van der Waals surface area (Å²) in [5.41, 5.74) is 1.52. The van der Waals surface area contributed by atoms with Crippen LogP contribution in [0.1, 0.15) is 49.4 Å². The number of aromatic amines is 1. The Bertz CT molecular complexity index is 391. The minimum atomic E-state index is -0.355. The molecular weight excluding hydrogens is 220 g/mol. The van der Waals surface area contributed by atoms with E-state index in [-0.39, 0.29) is 11.6 Å². The average molecular weight is 240 g/mol. The second-order valence-corrected chi connectivity index (χ2v) is 4.79. The van der Waals surface area contributed by atoms with Crippen LogP contribution in [0.5, 0.6) is 0 Å². The summed E-state index contributed by atoms with van der Waals surface area (Å²) in [4.78, 5) is 11.7. The summed E-state index contributed by atoms with van der Waals surface area (Å²) in [6, 6.07) is 0. The van der Waals surface area contributed by atoms with Crippen LogP contribution in [0.3, 0.4) is 0 Å². The van der Waals surface area contributed by atoms with Crippen LogP contribution in [-0.2, 0) is 16.1 Å². The van der Waals surface area contributed by atoms with Gasteiger partial charge in [0.05, 0.1) is 18.8 Å². The predicted octanol–water partition coefficient (Wildman–Crippen LogP) is 2.21. The summed E-state index contributed by atoms with van der Waals surface area (Å²) in [5.74, 6) is -0.355. The molecule has 0 aromatic carbocycles. The van der Waals surface area contributed by atoms with Gasteiger partial charge in [-0.15, -0.1) is 0 Å². The van der Waals surface area contributed by atoms with E-state index in [1.807, 2.05) is 20.8 Å². The molecule has 96 valence electrons. The molecule has 5 heteroatoms. The highest BCUT2D eigenvalue weighted by Crippen LogP contribution is 2.16. The van der Waals surface area contributed by atoms with Crippen molar-refractivity contribution >= 4 is 5.97 Å². The largest absolute Gasteiger partial charge is 0.462 e. The van der Waals surface area contributed by atoms with Crippen molar-refractivity contribution in [2.45, 2.75) is 46.8 Å². The molecule has 1 heterocycles. The first-order valence-electron chi connectivity index (χ1n) is 5.70. The molecule has 0 saturated carbocycles. The lowest BCUT2D eigenvalue weighted by atomic mass is 10.1. The van der Waals surface area contributed by atoms with Crippen LogP contribution in [0.4, 0.5) is 0 Å². The van der Waals surface area contributed by atoms with E-state index in [9.17, 15) is 4.79 Å². The van der Waals surface area contributed by atoms with Crippen LogP contribution in [0.15, 0.2) is 0 Å². The fourth-order valence-electron chi connectivity index (χ4n) is 1.34. The van der Waals surface area contributed by atoms with Gasteiger partial charge < -0.3 is 9.47 Å². The molecule has 17 heavy (non-hydrogen) atoms. The van der Waals surface area contributed by atoms with Crippen LogP contribution in [0.2, 0.25) is 0 Å². The van der Waals surface area contributed by atoms with Crippen molar-refractivity contribution in [2.75, 3.05) is 6.61 Å². The van der Waals surface area contributed by atoms with Crippen molar-refractivity contribution in [2.24, 2.45) is 0 Å². The Hall–Kier alpha value is -1.36. The van der Waals surface area contributed by atoms with E-state index in [0.717, 1.165) is 0 Å². The summed E-state index contributed by atoms with van der Waals surface area (Å²) in [6.07, 6.45) is 0. The summed E-state index contributed by atoms with van der Waals surface area (Å²) < 4.78 is 10.6. The number of nitrogens with one attached hydrogen (secondary N) is 1. The van der Waals surface area contributed by atoms with Gasteiger partial charge in [0.1, 0.15) is 11.3 Å². The van der Waals surface area contributed by atoms with Gasteiger partial charge in [-0.1, -0.05) is 0 Å². The van der Waals surface area contributed by atoms with Gasteiger partial charge in [-0.2, -0.15) is 5.10 Å². The van der Waals surface area contributed by atoms with Gasteiger partial charge in [-0.3, -0.25) is 5.10 Å². The third-order valence-corrected chi connectivity index (χ3v) is 2.14. The van der Waals surface area contributed by atoms with E-state index in [0.29, 0.717) is 30.2 Å². The van der Waals surface area contributed by atoms with Gasteiger partial charge in [0.15, 0.2) is 0 Å². The van der Waals surface area contributed by atoms with E-state index in [1.54, 1.807) is 13.8 Å². The minimum Gasteiger partial charge on any atom is -0.462 e. The summed E-state index contributed by atoms with van der Waals surface area (Å²) in [5, 5.41) is 6.85. The molecular formula is C12H20N2O3. The van der Waals surface area contributed by atoms with Crippen molar-refractivity contribution in [1.29, 1.82) is 0 Å². The third-order valence-electron chi connectivity index (χ3n) is 2.14. The quantitative estimate of drug-likeness (QED) is 0.819. The van der Waals surface area contributed by atoms with Gasteiger partial charge in [-0.05, 0) is 34.6 Å². The molecule has 1 aromatic rings. The zero-order chi connectivity index (χ0) is 13.1. The fourth-order valence-corrected chi connectivity index (χ4v) is 1.34. The molecule has 0 aliphatic carbocycles. The molecule has 0 unspecified atom stereocenters. The van der Waals surface area contributed by atoms with E-state index in [2.05, 4.69) is 10.2 Å². The molecule has 5 nitrogen and oxygen atoms in total. The van der Waals surface area contributed by atoms with E-state index < -0.39 is 0 Å². The summed E-state index contributed by atoms with van der Waals surface area (Å²) in [6.45, 7) is 10.1. The standard InChI is InChI=1S/C12H20N2O3/c1-6-16-11(15)10-8(2)13-14-9(10)7-17-12(3,4)5/h6-7H2,1-5H3,(H,13,14). The molecule has 0 atom stereocenters. The Morgan fingerprint density at radius 3 is 2.59 bits per heavy atom. The molecule has 0 aliphatic rings. The topological polar surface area (TPSA) is 64.2 Å². The fraction of sp³-hybridized carbons (Fsp3) is 0.667. The number of aryl methyl sites for hydroxylation is 1. The number of nitrogens with zero attached hydrogens (tertiary/aromatic N) is 1. The number of ether oxygens (including phenoxy) is 2. The number of rotatable bonds is 4. The van der Waals surface area contributed by atoms with Crippen LogP contribution in [0.25, 0.3) is 0 Å². The Kier molecular flexibility index (Phi) is 4.28. The number of H-pyrrole nitrogens is 1. The second-order valence-electron chi connectivity index (χ2n) is 4.79. The maximum absolute atomic E-state index is 11.7. The van der Waals surface area contributed by atoms with E-state index in [4.69, 9.17) is 9.47 Å². The van der Waals surface area contributed by atoms with Crippen molar-refractivity contribution in [3.05, 3.63) is 17.0 Å². The van der Waals surface area contributed by atoms with E-state index in [1.165, 1.54) is 0 Å². The molecule has 1 rings (SSSR count). The Balaban J connectivity index is 2.83. The zero-order valence-electron chi connectivity index (χ0n) is 11.1. The molecule has 1 aromatic heterocycles. The first-order valence-corrected chi connectivity index (χ1v) is 5.70. The number of aromatic nitrogens is 2. The number of hydrogen-bond acceptors (Lipinski definition) is 4. The van der Waals surface area contributed by atoms with Gasteiger partial charge in [0.25, 0.3) is 0 Å².